The van der Waals surface area contributed by atoms with Crippen LogP contribution in [-0.4, -0.2) is 34.5 Å². The Kier molecular flexibility index (Phi) is 5.70. The van der Waals surface area contributed by atoms with E-state index in [0.717, 1.165) is 31.4 Å². The summed E-state index contributed by atoms with van der Waals surface area (Å²) < 4.78 is 27.7. The summed E-state index contributed by atoms with van der Waals surface area (Å²) in [6.07, 6.45) is 4.30. The van der Waals surface area contributed by atoms with Crippen molar-refractivity contribution < 1.29 is 13.2 Å². The second-order valence-corrected chi connectivity index (χ2v) is 8.71. The minimum Gasteiger partial charge on any atom is -0.378 e. The lowest BCUT2D eigenvalue weighted by Crippen LogP contribution is -2.32. The van der Waals surface area contributed by atoms with Crippen molar-refractivity contribution in [2.45, 2.75) is 36.6 Å². The van der Waals surface area contributed by atoms with Crippen molar-refractivity contribution in [1.29, 1.82) is 0 Å². The monoisotopic (exact) mass is 387 g/mol. The number of nitrogens with one attached hydrogen (secondary N) is 2. The highest BCUT2D eigenvalue weighted by molar-refractivity contribution is 7.92. The van der Waals surface area contributed by atoms with Crippen LogP contribution in [-0.2, 0) is 10.0 Å². The molecule has 2 aromatic rings. The van der Waals surface area contributed by atoms with Crippen LogP contribution in [0.25, 0.3) is 0 Å². The van der Waals surface area contributed by atoms with E-state index in [9.17, 15) is 13.2 Å². The maximum atomic E-state index is 12.6. The molecule has 3 rings (SSSR count). The van der Waals surface area contributed by atoms with Gasteiger partial charge < -0.3 is 10.2 Å². The van der Waals surface area contributed by atoms with E-state index in [1.54, 1.807) is 24.3 Å². The normalized spacial score (nSPS) is 14.7. The smallest absolute Gasteiger partial charge is 0.261 e. The summed E-state index contributed by atoms with van der Waals surface area (Å²) in [6.45, 7) is 0. The zero-order chi connectivity index (χ0) is 19.4. The predicted molar refractivity (Wildman–Crippen MR) is 108 cm³/mol. The van der Waals surface area contributed by atoms with Crippen molar-refractivity contribution in [3.05, 3.63) is 54.1 Å². The molecule has 7 heteroatoms. The van der Waals surface area contributed by atoms with Gasteiger partial charge in [-0.3, -0.25) is 9.52 Å². The highest BCUT2D eigenvalue weighted by atomic mass is 32.2. The Labute approximate surface area is 160 Å². The molecule has 0 heterocycles. The molecule has 0 radical (unpaired) electrons. The molecule has 0 atom stereocenters. The topological polar surface area (TPSA) is 78.5 Å². The van der Waals surface area contributed by atoms with E-state index in [-0.39, 0.29) is 16.8 Å². The zero-order valence-corrected chi connectivity index (χ0v) is 16.4. The Morgan fingerprint density at radius 2 is 1.56 bits per heavy atom. The Morgan fingerprint density at radius 1 is 0.963 bits per heavy atom. The molecule has 2 aromatic carbocycles. The minimum absolute atomic E-state index is 0.122. The summed E-state index contributed by atoms with van der Waals surface area (Å²) in [5.41, 5.74) is 1.94. The minimum atomic E-state index is -3.71. The van der Waals surface area contributed by atoms with Crippen molar-refractivity contribution in [2.24, 2.45) is 0 Å². The average molecular weight is 388 g/mol. The first-order chi connectivity index (χ1) is 12.8. The molecule has 0 aromatic heterocycles. The number of anilines is 2. The molecular formula is C20H25N3O3S. The van der Waals surface area contributed by atoms with Gasteiger partial charge in [0.2, 0.25) is 0 Å². The lowest BCUT2D eigenvalue weighted by atomic mass is 10.2. The maximum Gasteiger partial charge on any atom is 0.261 e. The van der Waals surface area contributed by atoms with Gasteiger partial charge in [-0.05, 0) is 61.4 Å². The molecule has 1 amide bonds. The van der Waals surface area contributed by atoms with E-state index in [1.165, 1.54) is 12.1 Å². The van der Waals surface area contributed by atoms with Gasteiger partial charge in [0, 0.05) is 37.1 Å². The van der Waals surface area contributed by atoms with Crippen molar-refractivity contribution in [3.8, 4) is 0 Å². The first kappa shape index (κ1) is 19.2. The van der Waals surface area contributed by atoms with Gasteiger partial charge in [0.1, 0.15) is 0 Å². The van der Waals surface area contributed by atoms with Crippen LogP contribution in [0.2, 0.25) is 0 Å². The molecule has 0 aliphatic heterocycles. The first-order valence-corrected chi connectivity index (χ1v) is 10.5. The summed E-state index contributed by atoms with van der Waals surface area (Å²) in [5.74, 6) is -0.155. The first-order valence-electron chi connectivity index (χ1n) is 9.06. The molecule has 144 valence electrons. The molecule has 1 aliphatic rings. The third kappa shape index (κ3) is 4.80. The van der Waals surface area contributed by atoms with Crippen molar-refractivity contribution >= 4 is 27.3 Å². The number of rotatable bonds is 6. The maximum absolute atomic E-state index is 12.6. The van der Waals surface area contributed by atoms with E-state index in [0.29, 0.717) is 11.3 Å². The standard InChI is InChI=1S/C20H25N3O3S/c1-23(2)18-11-9-17(10-12-18)22-27(25,26)19-13-7-15(8-14-19)20(24)21-16-5-3-4-6-16/h7-14,16,22H,3-6H2,1-2H3,(H,21,24). The van der Waals surface area contributed by atoms with Gasteiger partial charge in [-0.1, -0.05) is 12.8 Å². The Morgan fingerprint density at radius 3 is 2.11 bits per heavy atom. The number of amides is 1. The van der Waals surface area contributed by atoms with Gasteiger partial charge in [-0.25, -0.2) is 8.42 Å². The van der Waals surface area contributed by atoms with E-state index >= 15 is 0 Å². The predicted octanol–water partition coefficient (Wildman–Crippen LogP) is 3.23. The Hall–Kier alpha value is -2.54. The van der Waals surface area contributed by atoms with Crippen LogP contribution in [0, 0.1) is 0 Å². The van der Waals surface area contributed by atoms with E-state index in [1.807, 2.05) is 31.1 Å². The summed E-state index contributed by atoms with van der Waals surface area (Å²) in [7, 11) is 0.134. The molecule has 0 spiro atoms. The number of hydrogen-bond donors (Lipinski definition) is 2. The highest BCUT2D eigenvalue weighted by Crippen LogP contribution is 2.21. The lowest BCUT2D eigenvalue weighted by Gasteiger charge is -2.14. The number of hydrogen-bond acceptors (Lipinski definition) is 4. The number of benzene rings is 2. The molecule has 27 heavy (non-hydrogen) atoms. The average Bonchev–Trinajstić information content (AvgIpc) is 3.15. The number of sulfonamides is 1. The fourth-order valence-corrected chi connectivity index (χ4v) is 4.22. The van der Waals surface area contributed by atoms with Crippen LogP contribution in [0.3, 0.4) is 0 Å². The molecule has 2 N–H and O–H groups in total. The molecule has 1 fully saturated rings. The molecular weight excluding hydrogens is 362 g/mol. The number of carbonyl (C=O) groups excluding carboxylic acids is 1. The van der Waals surface area contributed by atoms with Crippen molar-refractivity contribution in [2.75, 3.05) is 23.7 Å². The third-order valence-corrected chi connectivity index (χ3v) is 6.15. The summed E-state index contributed by atoms with van der Waals surface area (Å²) in [5, 5.41) is 3.00. The highest BCUT2D eigenvalue weighted by Gasteiger charge is 2.19. The molecule has 6 nitrogen and oxygen atoms in total. The SMILES string of the molecule is CN(C)c1ccc(NS(=O)(=O)c2ccc(C(=O)NC3CCCC3)cc2)cc1. The molecule has 0 saturated heterocycles. The van der Waals surface area contributed by atoms with E-state index in [2.05, 4.69) is 10.0 Å². The number of carbonyl (C=O) groups is 1. The fraction of sp³-hybridized carbons (Fsp3) is 0.350. The number of nitrogens with zero attached hydrogens (tertiary/aromatic N) is 1. The largest absolute Gasteiger partial charge is 0.378 e. The summed E-state index contributed by atoms with van der Waals surface area (Å²) in [4.78, 5) is 14.3. The van der Waals surface area contributed by atoms with Crippen LogP contribution in [0.4, 0.5) is 11.4 Å². The lowest BCUT2D eigenvalue weighted by molar-refractivity contribution is 0.0938. The van der Waals surface area contributed by atoms with Crippen LogP contribution < -0.4 is 14.9 Å². The van der Waals surface area contributed by atoms with Crippen LogP contribution in [0.5, 0.6) is 0 Å². The van der Waals surface area contributed by atoms with Crippen molar-refractivity contribution in [1.82, 2.24) is 5.32 Å². The van der Waals surface area contributed by atoms with Crippen molar-refractivity contribution in [3.63, 3.8) is 0 Å². The van der Waals surface area contributed by atoms with Crippen LogP contribution in [0.15, 0.2) is 53.4 Å². The summed E-state index contributed by atoms with van der Waals surface area (Å²) in [6, 6.07) is 13.4. The zero-order valence-electron chi connectivity index (χ0n) is 15.6. The van der Waals surface area contributed by atoms with E-state index in [4.69, 9.17) is 0 Å². The van der Waals surface area contributed by atoms with Gasteiger partial charge in [0.25, 0.3) is 15.9 Å². The van der Waals surface area contributed by atoms with Crippen LogP contribution in [0.1, 0.15) is 36.0 Å². The van der Waals surface area contributed by atoms with Gasteiger partial charge in [-0.15, -0.1) is 0 Å². The van der Waals surface area contributed by atoms with Gasteiger partial charge in [0.05, 0.1) is 4.90 Å². The second-order valence-electron chi connectivity index (χ2n) is 7.03. The molecule has 0 unspecified atom stereocenters. The van der Waals surface area contributed by atoms with Gasteiger partial charge >= 0.3 is 0 Å². The second kappa shape index (κ2) is 8.00. The van der Waals surface area contributed by atoms with Gasteiger partial charge in [0.15, 0.2) is 0 Å². The van der Waals surface area contributed by atoms with E-state index < -0.39 is 10.0 Å². The Balaban J connectivity index is 1.68. The quantitative estimate of drug-likeness (QED) is 0.798. The van der Waals surface area contributed by atoms with Gasteiger partial charge in [-0.2, -0.15) is 0 Å². The molecule has 1 saturated carbocycles. The fourth-order valence-electron chi connectivity index (χ4n) is 3.17. The summed E-state index contributed by atoms with van der Waals surface area (Å²) >= 11 is 0. The van der Waals surface area contributed by atoms with Crippen LogP contribution >= 0.6 is 0 Å². The third-order valence-electron chi connectivity index (χ3n) is 4.75. The Bertz CT molecular complexity index is 885. The molecule has 1 aliphatic carbocycles. The molecule has 0 bridgehead atoms.